The standard InChI is InChI=1S/C13H20ClN3O2/c1-5-6-8(2)15-13(19)9(3)17-10(4)16-11(14)7-12(17)18/h7-9H,5-6H2,1-4H3,(H,15,19). The van der Waals surface area contributed by atoms with Crippen LogP contribution in [0, 0.1) is 6.92 Å². The van der Waals surface area contributed by atoms with E-state index in [1.165, 1.54) is 10.6 Å². The summed E-state index contributed by atoms with van der Waals surface area (Å²) in [6.45, 7) is 7.35. The van der Waals surface area contributed by atoms with Crippen LogP contribution in [0.1, 0.15) is 45.5 Å². The third kappa shape index (κ3) is 4.06. The van der Waals surface area contributed by atoms with E-state index in [1.54, 1.807) is 13.8 Å². The van der Waals surface area contributed by atoms with Crippen molar-refractivity contribution in [2.45, 2.75) is 52.6 Å². The highest BCUT2D eigenvalue weighted by Crippen LogP contribution is 2.09. The number of amides is 1. The molecule has 1 rings (SSSR count). The van der Waals surface area contributed by atoms with E-state index >= 15 is 0 Å². The fourth-order valence-corrected chi connectivity index (χ4v) is 2.24. The molecule has 1 heterocycles. The van der Waals surface area contributed by atoms with E-state index in [2.05, 4.69) is 17.2 Å². The minimum absolute atomic E-state index is 0.0937. The molecule has 2 atom stereocenters. The number of hydrogen-bond acceptors (Lipinski definition) is 3. The first-order valence-electron chi connectivity index (χ1n) is 6.42. The van der Waals surface area contributed by atoms with Crippen LogP contribution in [0.5, 0.6) is 0 Å². The number of halogens is 1. The van der Waals surface area contributed by atoms with Gasteiger partial charge in [0.05, 0.1) is 0 Å². The Balaban J connectivity index is 2.92. The lowest BCUT2D eigenvalue weighted by atomic mass is 10.2. The Kier molecular flexibility index (Phi) is 5.54. The van der Waals surface area contributed by atoms with Gasteiger partial charge in [-0.2, -0.15) is 0 Å². The summed E-state index contributed by atoms with van der Waals surface area (Å²) in [6.07, 6.45) is 1.91. The maximum Gasteiger partial charge on any atom is 0.255 e. The van der Waals surface area contributed by atoms with Gasteiger partial charge in [0.15, 0.2) is 0 Å². The number of aromatic nitrogens is 2. The Morgan fingerprint density at radius 3 is 2.68 bits per heavy atom. The van der Waals surface area contributed by atoms with Crippen molar-refractivity contribution in [3.05, 3.63) is 27.4 Å². The van der Waals surface area contributed by atoms with Gasteiger partial charge >= 0.3 is 0 Å². The van der Waals surface area contributed by atoms with Gasteiger partial charge in [0, 0.05) is 12.1 Å². The van der Waals surface area contributed by atoms with Crippen molar-refractivity contribution < 1.29 is 4.79 Å². The fraction of sp³-hybridized carbons (Fsp3) is 0.615. The monoisotopic (exact) mass is 285 g/mol. The summed E-state index contributed by atoms with van der Waals surface area (Å²) in [4.78, 5) is 28.0. The molecular formula is C13H20ClN3O2. The minimum atomic E-state index is -0.600. The van der Waals surface area contributed by atoms with Gasteiger partial charge < -0.3 is 5.32 Å². The smallest absolute Gasteiger partial charge is 0.255 e. The van der Waals surface area contributed by atoms with Crippen molar-refractivity contribution in [1.82, 2.24) is 14.9 Å². The summed E-state index contributed by atoms with van der Waals surface area (Å²) in [7, 11) is 0. The predicted molar refractivity (Wildman–Crippen MR) is 75.5 cm³/mol. The van der Waals surface area contributed by atoms with E-state index < -0.39 is 6.04 Å². The Hall–Kier alpha value is -1.36. The summed E-state index contributed by atoms with van der Waals surface area (Å²) in [6, 6.07) is 0.709. The summed E-state index contributed by atoms with van der Waals surface area (Å²) >= 11 is 5.71. The molecular weight excluding hydrogens is 266 g/mol. The zero-order chi connectivity index (χ0) is 14.6. The third-order valence-electron chi connectivity index (χ3n) is 2.97. The summed E-state index contributed by atoms with van der Waals surface area (Å²) < 4.78 is 1.35. The van der Waals surface area contributed by atoms with Crippen LogP contribution in [0.25, 0.3) is 0 Å². The van der Waals surface area contributed by atoms with E-state index in [4.69, 9.17) is 11.6 Å². The maximum atomic E-state index is 12.1. The van der Waals surface area contributed by atoms with Crippen LogP contribution in [0.2, 0.25) is 5.15 Å². The van der Waals surface area contributed by atoms with E-state index in [0.29, 0.717) is 5.82 Å². The molecule has 0 radical (unpaired) electrons. The van der Waals surface area contributed by atoms with E-state index in [1.807, 2.05) is 6.92 Å². The summed E-state index contributed by atoms with van der Waals surface area (Å²) in [5.41, 5.74) is -0.316. The molecule has 19 heavy (non-hydrogen) atoms. The van der Waals surface area contributed by atoms with Gasteiger partial charge in [-0.25, -0.2) is 4.98 Å². The highest BCUT2D eigenvalue weighted by Gasteiger charge is 2.20. The fourth-order valence-electron chi connectivity index (χ4n) is 2.03. The third-order valence-corrected chi connectivity index (χ3v) is 3.17. The van der Waals surface area contributed by atoms with Crippen LogP contribution in [0.3, 0.4) is 0 Å². The molecule has 1 aromatic rings. The van der Waals surface area contributed by atoms with Crippen LogP contribution in [0.15, 0.2) is 10.9 Å². The lowest BCUT2D eigenvalue weighted by molar-refractivity contribution is -0.124. The average Bonchev–Trinajstić information content (AvgIpc) is 2.27. The molecule has 0 saturated carbocycles. The first-order chi connectivity index (χ1) is 8.86. The molecule has 0 spiro atoms. The Bertz CT molecular complexity index is 513. The Labute approximate surface area is 118 Å². The van der Waals surface area contributed by atoms with E-state index in [9.17, 15) is 9.59 Å². The van der Waals surface area contributed by atoms with Crippen LogP contribution < -0.4 is 10.9 Å². The van der Waals surface area contributed by atoms with Crippen molar-refractivity contribution in [2.75, 3.05) is 0 Å². The first-order valence-corrected chi connectivity index (χ1v) is 6.80. The van der Waals surface area contributed by atoms with Gasteiger partial charge in [-0.1, -0.05) is 24.9 Å². The first kappa shape index (κ1) is 15.7. The lowest BCUT2D eigenvalue weighted by Crippen LogP contribution is -2.40. The molecule has 2 unspecified atom stereocenters. The number of rotatable bonds is 5. The molecule has 0 aliphatic rings. The normalized spacial score (nSPS) is 13.9. The van der Waals surface area contributed by atoms with Gasteiger partial charge in [-0.15, -0.1) is 0 Å². The quantitative estimate of drug-likeness (QED) is 0.843. The molecule has 1 amide bonds. The van der Waals surface area contributed by atoms with Crippen molar-refractivity contribution >= 4 is 17.5 Å². The summed E-state index contributed by atoms with van der Waals surface area (Å²) in [5.74, 6) is 0.249. The van der Waals surface area contributed by atoms with Gasteiger partial charge in [0.25, 0.3) is 5.56 Å². The number of aryl methyl sites for hydroxylation is 1. The maximum absolute atomic E-state index is 12.1. The van der Waals surface area contributed by atoms with Crippen molar-refractivity contribution in [3.63, 3.8) is 0 Å². The summed E-state index contributed by atoms with van der Waals surface area (Å²) in [5, 5.41) is 3.03. The predicted octanol–water partition coefficient (Wildman–Crippen LogP) is 2.07. The van der Waals surface area contributed by atoms with Gasteiger partial charge in [0.2, 0.25) is 5.91 Å². The molecule has 0 aromatic carbocycles. The second kappa shape index (κ2) is 6.70. The minimum Gasteiger partial charge on any atom is -0.352 e. The van der Waals surface area contributed by atoms with E-state index in [-0.39, 0.29) is 22.7 Å². The highest BCUT2D eigenvalue weighted by atomic mass is 35.5. The van der Waals surface area contributed by atoms with Crippen LogP contribution in [-0.2, 0) is 4.79 Å². The zero-order valence-corrected chi connectivity index (χ0v) is 12.5. The molecule has 0 fully saturated rings. The van der Waals surface area contributed by atoms with Crippen molar-refractivity contribution in [1.29, 1.82) is 0 Å². The highest BCUT2D eigenvalue weighted by molar-refractivity contribution is 6.29. The number of hydrogen-bond donors (Lipinski definition) is 1. The second-order valence-electron chi connectivity index (χ2n) is 4.71. The van der Waals surface area contributed by atoms with Crippen LogP contribution in [-0.4, -0.2) is 21.5 Å². The lowest BCUT2D eigenvalue weighted by Gasteiger charge is -2.20. The number of carbonyl (C=O) groups is 1. The topological polar surface area (TPSA) is 64.0 Å². The molecule has 1 N–H and O–H groups in total. The molecule has 0 bridgehead atoms. The Morgan fingerprint density at radius 1 is 1.53 bits per heavy atom. The number of nitrogens with zero attached hydrogens (tertiary/aromatic N) is 2. The molecule has 106 valence electrons. The number of nitrogens with one attached hydrogen (secondary N) is 1. The van der Waals surface area contributed by atoms with Crippen molar-refractivity contribution in [3.8, 4) is 0 Å². The zero-order valence-electron chi connectivity index (χ0n) is 11.7. The van der Waals surface area contributed by atoms with Gasteiger partial charge in [0.1, 0.15) is 17.0 Å². The SMILES string of the molecule is CCCC(C)NC(=O)C(C)n1c(C)nc(Cl)cc1=O. The largest absolute Gasteiger partial charge is 0.352 e. The van der Waals surface area contributed by atoms with E-state index in [0.717, 1.165) is 12.8 Å². The van der Waals surface area contributed by atoms with Crippen LogP contribution >= 0.6 is 11.6 Å². The molecule has 0 aliphatic heterocycles. The van der Waals surface area contributed by atoms with Gasteiger partial charge in [-0.3, -0.25) is 14.2 Å². The second-order valence-corrected chi connectivity index (χ2v) is 5.10. The average molecular weight is 286 g/mol. The van der Waals surface area contributed by atoms with Crippen molar-refractivity contribution in [2.24, 2.45) is 0 Å². The number of carbonyl (C=O) groups excluding carboxylic acids is 1. The molecule has 1 aromatic heterocycles. The Morgan fingerprint density at radius 2 is 2.16 bits per heavy atom. The molecule has 0 saturated heterocycles. The molecule has 5 nitrogen and oxygen atoms in total. The van der Waals surface area contributed by atoms with Crippen LogP contribution in [0.4, 0.5) is 0 Å². The molecule has 6 heteroatoms. The molecule has 0 aliphatic carbocycles. The van der Waals surface area contributed by atoms with Gasteiger partial charge in [-0.05, 0) is 27.2 Å².